The average molecular weight is 477 g/mol. The Bertz CT molecular complexity index is 1070. The van der Waals surface area contributed by atoms with E-state index < -0.39 is 0 Å². The van der Waals surface area contributed by atoms with Crippen molar-refractivity contribution in [3.05, 3.63) is 36.9 Å². The molecule has 2 aromatic rings. The maximum atomic E-state index is 12.3. The Morgan fingerprint density at radius 1 is 1.11 bits per heavy atom. The van der Waals surface area contributed by atoms with Gasteiger partial charge in [-0.2, -0.15) is 0 Å². The number of likely N-dealkylation sites (tertiary alicyclic amines) is 1. The Balaban J connectivity index is 1.10. The molecule has 3 aliphatic rings. The van der Waals surface area contributed by atoms with Crippen molar-refractivity contribution >= 4 is 11.9 Å². The summed E-state index contributed by atoms with van der Waals surface area (Å²) in [4.78, 5) is 32.4. The van der Waals surface area contributed by atoms with Crippen molar-refractivity contribution in [2.24, 2.45) is 5.41 Å². The number of methoxy groups -OCH3 is 1. The molecule has 35 heavy (non-hydrogen) atoms. The number of carbonyl (C=O) groups excluding carboxylic acids is 1. The maximum Gasteiger partial charge on any atom is 0.410 e. The molecule has 1 aliphatic carbocycles. The van der Waals surface area contributed by atoms with Crippen molar-refractivity contribution in [3.8, 4) is 23.1 Å². The Morgan fingerprint density at radius 2 is 1.94 bits per heavy atom. The van der Waals surface area contributed by atoms with E-state index in [2.05, 4.69) is 42.7 Å². The summed E-state index contributed by atoms with van der Waals surface area (Å²) in [5.41, 5.74) is 2.13. The van der Waals surface area contributed by atoms with Crippen LogP contribution in [0.25, 0.3) is 11.3 Å². The number of anilines is 1. The maximum absolute atomic E-state index is 12.3. The standard InChI is InChI=1S/C26H32N6O3/c1-34-15-2-3-16-35-25(33)32-19-26(20-32)7-6-21(17-26)30-11-13-31(14-12-30)24-22(5-4-8-29-24)23-18-27-9-10-28-23/h4-5,8-10,18,21H,6-7,11-17,19-20H2,1H3. The van der Waals surface area contributed by atoms with Crippen molar-refractivity contribution in [2.75, 3.05) is 64.5 Å². The first-order valence-electron chi connectivity index (χ1n) is 12.2. The summed E-state index contributed by atoms with van der Waals surface area (Å²) in [7, 11) is 1.59. The van der Waals surface area contributed by atoms with Gasteiger partial charge in [0.25, 0.3) is 0 Å². The van der Waals surface area contributed by atoms with Crippen LogP contribution in [-0.4, -0.2) is 96.5 Å². The van der Waals surface area contributed by atoms with Crippen LogP contribution in [0.4, 0.5) is 10.6 Å². The monoisotopic (exact) mass is 476 g/mol. The summed E-state index contributed by atoms with van der Waals surface area (Å²) in [6, 6.07) is 4.60. The van der Waals surface area contributed by atoms with E-state index in [1.807, 2.05) is 17.2 Å². The van der Waals surface area contributed by atoms with E-state index in [-0.39, 0.29) is 18.1 Å². The number of rotatable bonds is 5. The van der Waals surface area contributed by atoms with Gasteiger partial charge in [-0.3, -0.25) is 14.9 Å². The van der Waals surface area contributed by atoms with Gasteiger partial charge in [-0.15, -0.1) is 0 Å². The number of nitrogens with zero attached hydrogens (tertiary/aromatic N) is 6. The first-order valence-corrected chi connectivity index (χ1v) is 12.2. The van der Waals surface area contributed by atoms with Crippen LogP contribution in [-0.2, 0) is 9.47 Å². The van der Waals surface area contributed by atoms with Gasteiger partial charge < -0.3 is 19.3 Å². The van der Waals surface area contributed by atoms with Crippen LogP contribution in [0.2, 0.25) is 0 Å². The Morgan fingerprint density at radius 3 is 2.71 bits per heavy atom. The summed E-state index contributed by atoms with van der Waals surface area (Å²) < 4.78 is 10.1. The van der Waals surface area contributed by atoms with Crippen molar-refractivity contribution in [1.82, 2.24) is 24.8 Å². The fraction of sp³-hybridized carbons (Fsp3) is 0.538. The van der Waals surface area contributed by atoms with Crippen LogP contribution in [0.3, 0.4) is 0 Å². The number of amides is 1. The molecule has 0 bridgehead atoms. The molecule has 4 heterocycles. The van der Waals surface area contributed by atoms with Gasteiger partial charge in [0.05, 0.1) is 11.9 Å². The molecule has 0 radical (unpaired) electrons. The molecule has 184 valence electrons. The molecule has 5 rings (SSSR count). The van der Waals surface area contributed by atoms with E-state index in [1.54, 1.807) is 25.7 Å². The predicted octanol–water partition coefficient (Wildman–Crippen LogP) is 2.30. The highest BCUT2D eigenvalue weighted by atomic mass is 16.6. The van der Waals surface area contributed by atoms with Crippen molar-refractivity contribution in [3.63, 3.8) is 0 Å². The van der Waals surface area contributed by atoms with Gasteiger partial charge in [0.15, 0.2) is 6.61 Å². The highest BCUT2D eigenvalue weighted by Crippen LogP contribution is 2.47. The van der Waals surface area contributed by atoms with Gasteiger partial charge >= 0.3 is 6.09 Å². The molecule has 9 heteroatoms. The molecule has 1 amide bonds. The molecular weight excluding hydrogens is 444 g/mol. The predicted molar refractivity (Wildman–Crippen MR) is 132 cm³/mol. The zero-order valence-electron chi connectivity index (χ0n) is 20.2. The van der Waals surface area contributed by atoms with Crippen molar-refractivity contribution in [1.29, 1.82) is 0 Å². The third kappa shape index (κ3) is 5.24. The molecule has 0 N–H and O–H groups in total. The summed E-state index contributed by atoms with van der Waals surface area (Å²) in [5, 5.41) is 0. The Labute approximate surface area is 206 Å². The highest BCUT2D eigenvalue weighted by Gasteiger charge is 2.51. The number of hydrogen-bond acceptors (Lipinski definition) is 8. The second kappa shape index (κ2) is 10.6. The fourth-order valence-electron chi connectivity index (χ4n) is 5.62. The molecule has 3 fully saturated rings. The SMILES string of the molecule is COCC#CCOC(=O)N1CC2(CCC(N3CCN(c4ncccc4-c4cnccn4)CC3)C2)C1. The van der Waals surface area contributed by atoms with E-state index in [0.717, 1.165) is 62.8 Å². The number of pyridine rings is 1. The average Bonchev–Trinajstić information content (AvgIpc) is 3.34. The van der Waals surface area contributed by atoms with Crippen LogP contribution >= 0.6 is 0 Å². The zero-order valence-corrected chi connectivity index (χ0v) is 20.2. The smallest absolute Gasteiger partial charge is 0.410 e. The number of hydrogen-bond donors (Lipinski definition) is 0. The first kappa shape index (κ1) is 23.5. The minimum atomic E-state index is -0.256. The number of piperazine rings is 1. The highest BCUT2D eigenvalue weighted by molar-refractivity contribution is 5.72. The van der Waals surface area contributed by atoms with Crippen LogP contribution in [0.1, 0.15) is 19.3 Å². The van der Waals surface area contributed by atoms with E-state index in [0.29, 0.717) is 12.6 Å². The van der Waals surface area contributed by atoms with Gasteiger partial charge in [-0.05, 0) is 31.4 Å². The van der Waals surface area contributed by atoms with E-state index in [1.165, 1.54) is 12.8 Å². The first-order chi connectivity index (χ1) is 17.2. The van der Waals surface area contributed by atoms with Crippen LogP contribution in [0.5, 0.6) is 0 Å². The molecule has 2 aromatic heterocycles. The minimum absolute atomic E-state index is 0.118. The van der Waals surface area contributed by atoms with E-state index >= 15 is 0 Å². The quantitative estimate of drug-likeness (QED) is 0.608. The molecule has 2 aliphatic heterocycles. The van der Waals surface area contributed by atoms with Gasteiger partial charge in [0.2, 0.25) is 0 Å². The molecule has 2 saturated heterocycles. The molecule has 0 aromatic carbocycles. The second-order valence-electron chi connectivity index (χ2n) is 9.58. The van der Waals surface area contributed by atoms with Gasteiger partial charge in [-0.25, -0.2) is 9.78 Å². The van der Waals surface area contributed by atoms with E-state index in [9.17, 15) is 4.79 Å². The summed E-state index contributed by atoms with van der Waals surface area (Å²) in [6.07, 6.45) is 10.3. The molecule has 1 saturated carbocycles. The van der Waals surface area contributed by atoms with Crippen molar-refractivity contribution in [2.45, 2.75) is 25.3 Å². The second-order valence-corrected chi connectivity index (χ2v) is 9.58. The number of ether oxygens (including phenoxy) is 2. The lowest BCUT2D eigenvalue weighted by atomic mass is 9.78. The largest absolute Gasteiger partial charge is 0.436 e. The van der Waals surface area contributed by atoms with Gasteiger partial charge in [0, 0.05) is 82.0 Å². The Hall–Kier alpha value is -3.22. The molecule has 9 nitrogen and oxygen atoms in total. The topological polar surface area (TPSA) is 83.9 Å². The third-order valence-corrected chi connectivity index (χ3v) is 7.35. The number of aromatic nitrogens is 3. The summed E-state index contributed by atoms with van der Waals surface area (Å²) in [6.45, 7) is 5.98. The lowest BCUT2D eigenvalue weighted by Crippen LogP contribution is -2.58. The summed E-state index contributed by atoms with van der Waals surface area (Å²) >= 11 is 0. The number of carbonyl (C=O) groups is 1. The third-order valence-electron chi connectivity index (χ3n) is 7.35. The van der Waals surface area contributed by atoms with E-state index in [4.69, 9.17) is 9.47 Å². The normalized spacial score (nSPS) is 21.3. The van der Waals surface area contributed by atoms with Gasteiger partial charge in [0.1, 0.15) is 12.4 Å². The molecular formula is C26H32N6O3. The molecule has 1 unspecified atom stereocenters. The van der Waals surface area contributed by atoms with Gasteiger partial charge in [-0.1, -0.05) is 11.8 Å². The zero-order chi connectivity index (χ0) is 24.1. The van der Waals surface area contributed by atoms with Crippen molar-refractivity contribution < 1.29 is 14.3 Å². The molecule has 1 spiro atoms. The van der Waals surface area contributed by atoms with Crippen LogP contribution in [0, 0.1) is 17.3 Å². The lowest BCUT2D eigenvalue weighted by molar-refractivity contribution is -0.000851. The van der Waals surface area contributed by atoms with Crippen LogP contribution in [0.15, 0.2) is 36.9 Å². The molecule has 1 atom stereocenters. The Kier molecular flexibility index (Phi) is 7.11. The lowest BCUT2D eigenvalue weighted by Gasteiger charge is -2.48. The minimum Gasteiger partial charge on any atom is -0.436 e. The summed E-state index contributed by atoms with van der Waals surface area (Å²) in [5.74, 6) is 6.57. The van der Waals surface area contributed by atoms with Crippen LogP contribution < -0.4 is 4.90 Å². The fourth-order valence-corrected chi connectivity index (χ4v) is 5.62.